The second-order valence-electron chi connectivity index (χ2n) is 7.04. The first-order chi connectivity index (χ1) is 15.3. The Labute approximate surface area is 199 Å². The zero-order valence-corrected chi connectivity index (χ0v) is 18.7. The van der Waals surface area contributed by atoms with Crippen LogP contribution >= 0.6 is 35.4 Å². The third-order valence-electron chi connectivity index (χ3n) is 4.90. The van der Waals surface area contributed by atoms with Gasteiger partial charge in [0.05, 0.1) is 10.0 Å². The van der Waals surface area contributed by atoms with Crippen LogP contribution in [-0.4, -0.2) is 33.0 Å². The molecule has 32 heavy (non-hydrogen) atoms. The van der Waals surface area contributed by atoms with E-state index < -0.39 is 17.9 Å². The molecule has 162 valence electrons. The van der Waals surface area contributed by atoms with Crippen molar-refractivity contribution in [2.75, 3.05) is 0 Å². The number of carboxylic acid groups (broad SMARTS) is 1. The van der Waals surface area contributed by atoms with Crippen LogP contribution in [0.4, 0.5) is 0 Å². The summed E-state index contributed by atoms with van der Waals surface area (Å²) in [4.78, 5) is 26.0. The van der Waals surface area contributed by atoms with Crippen molar-refractivity contribution in [3.63, 3.8) is 0 Å². The van der Waals surface area contributed by atoms with Gasteiger partial charge in [-0.2, -0.15) is 0 Å². The maximum Gasteiger partial charge on any atom is 0.327 e. The van der Waals surface area contributed by atoms with Crippen molar-refractivity contribution >= 4 is 58.5 Å². The van der Waals surface area contributed by atoms with E-state index in [0.717, 1.165) is 16.0 Å². The highest BCUT2D eigenvalue weighted by Gasteiger charge is 2.39. The van der Waals surface area contributed by atoms with Gasteiger partial charge in [-0.15, -0.1) is 0 Å². The predicted molar refractivity (Wildman–Crippen MR) is 126 cm³/mol. The fourth-order valence-electron chi connectivity index (χ4n) is 3.34. The molecule has 0 spiro atoms. The molecule has 1 fully saturated rings. The van der Waals surface area contributed by atoms with Gasteiger partial charge in [-0.1, -0.05) is 53.5 Å². The highest BCUT2D eigenvalue weighted by atomic mass is 35.5. The van der Waals surface area contributed by atoms with Crippen molar-refractivity contribution in [1.82, 2.24) is 10.2 Å². The Hall–Kier alpha value is -3.13. The topological polar surface area (TPSA) is 82.8 Å². The Morgan fingerprint density at radius 3 is 2.56 bits per heavy atom. The Kier molecular flexibility index (Phi) is 6.32. The molecule has 3 aromatic rings. The van der Waals surface area contributed by atoms with Gasteiger partial charge in [0.15, 0.2) is 5.11 Å². The molecular weight excluding hydrogens is 471 g/mol. The normalized spacial score (nSPS) is 15.8. The van der Waals surface area contributed by atoms with E-state index in [2.05, 4.69) is 5.32 Å². The number of furan rings is 1. The molecule has 0 saturated carbocycles. The van der Waals surface area contributed by atoms with Crippen molar-refractivity contribution < 1.29 is 19.1 Å². The lowest BCUT2D eigenvalue weighted by atomic mass is 10.0. The predicted octanol–water partition coefficient (Wildman–Crippen LogP) is 5.01. The van der Waals surface area contributed by atoms with E-state index in [1.807, 2.05) is 18.2 Å². The number of carboxylic acids is 1. The number of aliphatic carboxylic acids is 1. The minimum atomic E-state index is -1.15. The second kappa shape index (κ2) is 9.16. The largest absolute Gasteiger partial charge is 0.480 e. The van der Waals surface area contributed by atoms with Gasteiger partial charge in [0.25, 0.3) is 5.91 Å². The summed E-state index contributed by atoms with van der Waals surface area (Å²) in [6.07, 6.45) is 1.61. The summed E-state index contributed by atoms with van der Waals surface area (Å²) in [5, 5.41) is 13.4. The molecule has 6 nitrogen and oxygen atoms in total. The monoisotopic (exact) mass is 486 g/mol. The van der Waals surface area contributed by atoms with Gasteiger partial charge in [-0.05, 0) is 48.1 Å². The van der Waals surface area contributed by atoms with Crippen LogP contribution < -0.4 is 5.32 Å². The molecule has 0 unspecified atom stereocenters. The number of thiocarbonyl (C=S) groups is 1. The molecule has 2 aromatic carbocycles. The number of benzene rings is 2. The number of amides is 1. The number of rotatable bonds is 6. The lowest BCUT2D eigenvalue weighted by Crippen LogP contribution is -2.46. The van der Waals surface area contributed by atoms with Gasteiger partial charge in [0, 0.05) is 18.1 Å². The van der Waals surface area contributed by atoms with E-state index in [-0.39, 0.29) is 17.2 Å². The maximum atomic E-state index is 13.0. The Morgan fingerprint density at radius 1 is 1.12 bits per heavy atom. The van der Waals surface area contributed by atoms with Crippen LogP contribution in [-0.2, 0) is 16.0 Å². The third-order valence-corrected chi connectivity index (χ3v) is 5.93. The average molecular weight is 487 g/mol. The molecule has 1 amide bonds. The van der Waals surface area contributed by atoms with Crippen LogP contribution in [0, 0.1) is 0 Å². The Balaban J connectivity index is 1.57. The van der Waals surface area contributed by atoms with Crippen LogP contribution in [0.5, 0.6) is 0 Å². The number of carbonyl (C=O) groups is 2. The minimum Gasteiger partial charge on any atom is -0.480 e. The van der Waals surface area contributed by atoms with E-state index in [4.69, 9.17) is 39.8 Å². The molecule has 9 heteroatoms. The standard InChI is InChI=1S/C23H16Cl2N2O4S/c24-16-8-6-14(11-17(16)25)20-9-7-15(31-20)12-18-21(28)27(23(32)26-18)19(22(29)30)10-13-4-2-1-3-5-13/h1-9,11-12,19H,10H2,(H,26,32)(H,29,30)/b18-12+/t19-/m1/s1. The van der Waals surface area contributed by atoms with Crippen LogP contribution in [0.25, 0.3) is 17.4 Å². The van der Waals surface area contributed by atoms with E-state index in [1.165, 1.54) is 6.08 Å². The molecule has 0 bridgehead atoms. The molecule has 0 aliphatic carbocycles. The van der Waals surface area contributed by atoms with Crippen LogP contribution in [0.1, 0.15) is 11.3 Å². The summed E-state index contributed by atoms with van der Waals surface area (Å²) in [7, 11) is 0. The first-order valence-corrected chi connectivity index (χ1v) is 10.7. The first-order valence-electron chi connectivity index (χ1n) is 9.51. The van der Waals surface area contributed by atoms with Gasteiger partial charge in [-0.25, -0.2) is 4.79 Å². The third kappa shape index (κ3) is 4.55. The number of nitrogens with zero attached hydrogens (tertiary/aromatic N) is 1. The maximum absolute atomic E-state index is 13.0. The summed E-state index contributed by atoms with van der Waals surface area (Å²) in [6, 6.07) is 16.4. The van der Waals surface area contributed by atoms with E-state index >= 15 is 0 Å². The highest BCUT2D eigenvalue weighted by Crippen LogP contribution is 2.30. The van der Waals surface area contributed by atoms with E-state index in [0.29, 0.717) is 21.6 Å². The molecule has 0 radical (unpaired) electrons. The summed E-state index contributed by atoms with van der Waals surface area (Å²) in [6.45, 7) is 0. The van der Waals surface area contributed by atoms with E-state index in [1.54, 1.807) is 42.5 Å². The molecule has 2 N–H and O–H groups in total. The number of nitrogens with one attached hydrogen (secondary N) is 1. The Bertz CT molecular complexity index is 1240. The molecule has 1 atom stereocenters. The first kappa shape index (κ1) is 22.1. The fourth-order valence-corrected chi connectivity index (χ4v) is 3.95. The molecule has 1 aromatic heterocycles. The van der Waals surface area contributed by atoms with Crippen molar-refractivity contribution in [3.05, 3.63) is 87.7 Å². The van der Waals surface area contributed by atoms with Crippen molar-refractivity contribution in [2.45, 2.75) is 12.5 Å². The quantitative estimate of drug-likeness (QED) is 0.376. The van der Waals surface area contributed by atoms with Crippen molar-refractivity contribution in [2.24, 2.45) is 0 Å². The fraction of sp³-hybridized carbons (Fsp3) is 0.0870. The molecular formula is C23H16Cl2N2O4S. The Morgan fingerprint density at radius 2 is 1.88 bits per heavy atom. The molecule has 1 saturated heterocycles. The molecule has 4 rings (SSSR count). The van der Waals surface area contributed by atoms with Gasteiger partial charge >= 0.3 is 5.97 Å². The zero-order chi connectivity index (χ0) is 22.8. The van der Waals surface area contributed by atoms with Gasteiger partial charge in [0.1, 0.15) is 23.3 Å². The van der Waals surface area contributed by atoms with Crippen molar-refractivity contribution in [3.8, 4) is 11.3 Å². The van der Waals surface area contributed by atoms with Crippen LogP contribution in [0.2, 0.25) is 10.0 Å². The number of halogens is 2. The van der Waals surface area contributed by atoms with Crippen molar-refractivity contribution in [1.29, 1.82) is 0 Å². The SMILES string of the molecule is O=C(O)[C@@H](Cc1ccccc1)N1C(=O)/C(=C\c2ccc(-c3ccc(Cl)c(Cl)c3)o2)NC1=S. The molecule has 2 heterocycles. The summed E-state index contributed by atoms with van der Waals surface area (Å²) < 4.78 is 5.80. The smallest absolute Gasteiger partial charge is 0.327 e. The number of hydrogen-bond acceptors (Lipinski definition) is 4. The van der Waals surface area contributed by atoms with E-state index in [9.17, 15) is 14.7 Å². The van der Waals surface area contributed by atoms with Gasteiger partial charge in [-0.3, -0.25) is 9.69 Å². The zero-order valence-electron chi connectivity index (χ0n) is 16.4. The van der Waals surface area contributed by atoms with Crippen LogP contribution in [0.3, 0.4) is 0 Å². The average Bonchev–Trinajstić information content (AvgIpc) is 3.34. The minimum absolute atomic E-state index is 0.0286. The molecule has 1 aliphatic rings. The number of hydrogen-bond donors (Lipinski definition) is 2. The highest BCUT2D eigenvalue weighted by molar-refractivity contribution is 7.80. The lowest BCUT2D eigenvalue weighted by Gasteiger charge is -2.22. The number of carbonyl (C=O) groups excluding carboxylic acids is 1. The summed E-state index contributed by atoms with van der Waals surface area (Å²) in [5.74, 6) is -0.757. The second-order valence-corrected chi connectivity index (χ2v) is 8.24. The van der Waals surface area contributed by atoms with Gasteiger partial charge in [0.2, 0.25) is 0 Å². The van der Waals surface area contributed by atoms with Crippen LogP contribution in [0.15, 0.2) is 70.8 Å². The lowest BCUT2D eigenvalue weighted by molar-refractivity contribution is -0.145. The van der Waals surface area contributed by atoms with Gasteiger partial charge < -0.3 is 14.8 Å². The summed E-state index contributed by atoms with van der Waals surface area (Å²) >= 11 is 17.3. The summed E-state index contributed by atoms with van der Waals surface area (Å²) in [5.41, 5.74) is 1.63. The molecule has 1 aliphatic heterocycles.